The predicted octanol–water partition coefficient (Wildman–Crippen LogP) is 5.97. The SMILES string of the molecule is Cn1cc(-c2cccc3ccccc23)c2ccc(SNc3ncns3)cc21. The standard InChI is InChI=1S/C21H16N4S2/c1-25-12-19(17-8-4-6-14-5-2-3-7-16(14)17)18-10-9-15(11-20(18)25)26-24-21-22-13-23-27-21/h2-13H,1H3,(H,22,23,24). The molecule has 0 radical (unpaired) electrons. The van der Waals surface area contributed by atoms with Gasteiger partial charge >= 0.3 is 0 Å². The van der Waals surface area contributed by atoms with E-state index < -0.39 is 0 Å². The van der Waals surface area contributed by atoms with Crippen LogP contribution in [0.3, 0.4) is 0 Å². The Morgan fingerprint density at radius 3 is 2.74 bits per heavy atom. The van der Waals surface area contributed by atoms with Crippen molar-refractivity contribution in [1.82, 2.24) is 13.9 Å². The Kier molecular flexibility index (Phi) is 4.07. The van der Waals surface area contributed by atoms with Crippen LogP contribution in [0.2, 0.25) is 0 Å². The molecule has 0 aliphatic rings. The topological polar surface area (TPSA) is 42.7 Å². The van der Waals surface area contributed by atoms with E-state index in [2.05, 4.69) is 92.6 Å². The fraction of sp³-hybridized carbons (Fsp3) is 0.0476. The van der Waals surface area contributed by atoms with Gasteiger partial charge in [-0.05, 0) is 40.4 Å². The van der Waals surface area contributed by atoms with Crippen LogP contribution in [0.15, 0.2) is 78.1 Å². The smallest absolute Gasteiger partial charge is 0.212 e. The van der Waals surface area contributed by atoms with E-state index in [4.69, 9.17) is 0 Å². The first kappa shape index (κ1) is 16.4. The zero-order chi connectivity index (χ0) is 18.2. The van der Waals surface area contributed by atoms with Crippen molar-refractivity contribution in [2.75, 3.05) is 4.72 Å². The van der Waals surface area contributed by atoms with Gasteiger partial charge < -0.3 is 9.29 Å². The molecular formula is C21H16N4S2. The van der Waals surface area contributed by atoms with Gasteiger partial charge in [0.25, 0.3) is 0 Å². The van der Waals surface area contributed by atoms with Crippen LogP contribution < -0.4 is 4.72 Å². The summed E-state index contributed by atoms with van der Waals surface area (Å²) in [6.07, 6.45) is 3.78. The van der Waals surface area contributed by atoms with Crippen LogP contribution in [-0.4, -0.2) is 13.9 Å². The van der Waals surface area contributed by atoms with Gasteiger partial charge in [0.15, 0.2) is 0 Å². The average Bonchev–Trinajstić information content (AvgIpc) is 3.34. The third-order valence-corrected chi connectivity index (χ3v) is 6.15. The highest BCUT2D eigenvalue weighted by molar-refractivity contribution is 8.00. The third kappa shape index (κ3) is 2.97. The Labute approximate surface area is 165 Å². The molecule has 6 heteroatoms. The number of hydrogen-bond acceptors (Lipinski definition) is 5. The minimum Gasteiger partial charge on any atom is -0.350 e. The van der Waals surface area contributed by atoms with Crippen molar-refractivity contribution in [2.45, 2.75) is 4.90 Å². The fourth-order valence-corrected chi connectivity index (χ4v) is 4.55. The molecule has 0 fully saturated rings. The van der Waals surface area contributed by atoms with Gasteiger partial charge in [-0.3, -0.25) is 0 Å². The molecule has 0 saturated carbocycles. The average molecular weight is 389 g/mol. The van der Waals surface area contributed by atoms with Gasteiger partial charge in [-0.15, -0.1) is 0 Å². The Morgan fingerprint density at radius 1 is 0.963 bits per heavy atom. The Balaban J connectivity index is 1.58. The van der Waals surface area contributed by atoms with Crippen molar-refractivity contribution in [3.05, 3.63) is 73.2 Å². The summed E-state index contributed by atoms with van der Waals surface area (Å²) < 4.78 is 9.45. The maximum atomic E-state index is 4.15. The summed E-state index contributed by atoms with van der Waals surface area (Å²) in [4.78, 5) is 5.30. The Morgan fingerprint density at radius 2 is 1.85 bits per heavy atom. The number of anilines is 1. The Bertz CT molecular complexity index is 1240. The number of rotatable bonds is 4. The monoisotopic (exact) mass is 388 g/mol. The van der Waals surface area contributed by atoms with Gasteiger partial charge in [-0.2, -0.15) is 4.37 Å². The number of aromatic nitrogens is 3. The molecule has 0 unspecified atom stereocenters. The number of aryl methyl sites for hydroxylation is 1. The van der Waals surface area contributed by atoms with Gasteiger partial charge in [0.2, 0.25) is 5.13 Å². The molecule has 1 N–H and O–H groups in total. The van der Waals surface area contributed by atoms with Crippen LogP contribution in [0, 0.1) is 0 Å². The van der Waals surface area contributed by atoms with Crippen molar-refractivity contribution >= 4 is 50.3 Å². The Hall–Kier alpha value is -2.83. The second-order valence-corrected chi connectivity index (χ2v) is 7.97. The fourth-order valence-electron chi connectivity index (χ4n) is 3.42. The van der Waals surface area contributed by atoms with E-state index in [0.29, 0.717) is 0 Å². The molecule has 0 spiro atoms. The summed E-state index contributed by atoms with van der Waals surface area (Å²) in [5.74, 6) is 0. The molecule has 27 heavy (non-hydrogen) atoms. The summed E-state index contributed by atoms with van der Waals surface area (Å²) in [5.41, 5.74) is 3.74. The molecule has 0 atom stereocenters. The first-order valence-electron chi connectivity index (χ1n) is 8.56. The number of fused-ring (bicyclic) bond motifs is 2. The van der Waals surface area contributed by atoms with Gasteiger partial charge in [-0.25, -0.2) is 4.98 Å². The van der Waals surface area contributed by atoms with E-state index in [1.54, 1.807) is 18.3 Å². The lowest BCUT2D eigenvalue weighted by Crippen LogP contribution is -1.87. The van der Waals surface area contributed by atoms with Crippen LogP contribution in [0.1, 0.15) is 0 Å². The number of nitrogens with zero attached hydrogens (tertiary/aromatic N) is 3. The predicted molar refractivity (Wildman–Crippen MR) is 115 cm³/mol. The number of hydrogen-bond donors (Lipinski definition) is 1. The molecule has 0 amide bonds. The lowest BCUT2D eigenvalue weighted by Gasteiger charge is -2.06. The molecule has 0 saturated heterocycles. The molecule has 0 aliphatic carbocycles. The molecule has 4 nitrogen and oxygen atoms in total. The van der Waals surface area contributed by atoms with Crippen LogP contribution in [0.25, 0.3) is 32.8 Å². The molecule has 5 aromatic rings. The van der Waals surface area contributed by atoms with Crippen LogP contribution in [0.5, 0.6) is 0 Å². The largest absolute Gasteiger partial charge is 0.350 e. The van der Waals surface area contributed by atoms with Gasteiger partial charge in [0.05, 0.1) is 0 Å². The van der Waals surface area contributed by atoms with Crippen molar-refractivity contribution in [3.8, 4) is 11.1 Å². The normalized spacial score (nSPS) is 11.3. The molecule has 2 aromatic heterocycles. The summed E-state index contributed by atoms with van der Waals surface area (Å²) in [7, 11) is 2.10. The molecular weight excluding hydrogens is 372 g/mol. The van der Waals surface area contributed by atoms with E-state index in [-0.39, 0.29) is 0 Å². The highest BCUT2D eigenvalue weighted by atomic mass is 32.2. The molecule has 132 valence electrons. The lowest BCUT2D eigenvalue weighted by atomic mass is 9.98. The summed E-state index contributed by atoms with van der Waals surface area (Å²) in [5, 5.41) is 4.61. The van der Waals surface area contributed by atoms with E-state index in [1.165, 1.54) is 44.3 Å². The second kappa shape index (κ2) is 6.72. The molecule has 2 heterocycles. The zero-order valence-corrected chi connectivity index (χ0v) is 16.2. The van der Waals surface area contributed by atoms with E-state index in [1.807, 2.05) is 0 Å². The summed E-state index contributed by atoms with van der Waals surface area (Å²) in [6, 6.07) is 21.6. The lowest BCUT2D eigenvalue weighted by molar-refractivity contribution is 0.968. The zero-order valence-electron chi connectivity index (χ0n) is 14.6. The quantitative estimate of drug-likeness (QED) is 0.385. The summed E-state index contributed by atoms with van der Waals surface area (Å²) in [6.45, 7) is 0. The van der Waals surface area contributed by atoms with Crippen molar-refractivity contribution in [2.24, 2.45) is 7.05 Å². The van der Waals surface area contributed by atoms with E-state index in [0.717, 1.165) is 10.0 Å². The second-order valence-electron chi connectivity index (χ2n) is 6.31. The highest BCUT2D eigenvalue weighted by Crippen LogP contribution is 2.36. The molecule has 3 aromatic carbocycles. The van der Waals surface area contributed by atoms with Crippen molar-refractivity contribution < 1.29 is 0 Å². The van der Waals surface area contributed by atoms with Crippen LogP contribution in [-0.2, 0) is 7.05 Å². The minimum absolute atomic E-state index is 0.809. The first-order chi connectivity index (χ1) is 13.3. The third-order valence-electron chi connectivity index (χ3n) is 4.66. The first-order valence-corrected chi connectivity index (χ1v) is 10.2. The van der Waals surface area contributed by atoms with Crippen molar-refractivity contribution in [3.63, 3.8) is 0 Å². The maximum absolute atomic E-state index is 4.15. The van der Waals surface area contributed by atoms with E-state index >= 15 is 0 Å². The summed E-state index contributed by atoms with van der Waals surface area (Å²) >= 11 is 2.91. The molecule has 0 bridgehead atoms. The molecule has 5 rings (SSSR count). The molecule has 0 aliphatic heterocycles. The van der Waals surface area contributed by atoms with Gasteiger partial charge in [0, 0.05) is 46.1 Å². The number of nitrogens with one attached hydrogen (secondary N) is 1. The number of benzene rings is 3. The van der Waals surface area contributed by atoms with Crippen LogP contribution >= 0.6 is 23.5 Å². The van der Waals surface area contributed by atoms with E-state index in [9.17, 15) is 0 Å². The van der Waals surface area contributed by atoms with Gasteiger partial charge in [0.1, 0.15) is 6.33 Å². The minimum atomic E-state index is 0.809. The van der Waals surface area contributed by atoms with Gasteiger partial charge in [-0.1, -0.05) is 48.5 Å². The maximum Gasteiger partial charge on any atom is 0.212 e. The van der Waals surface area contributed by atoms with Crippen molar-refractivity contribution in [1.29, 1.82) is 0 Å². The highest BCUT2D eigenvalue weighted by Gasteiger charge is 2.12. The van der Waals surface area contributed by atoms with Crippen LogP contribution in [0.4, 0.5) is 5.13 Å².